The average Bonchev–Trinajstić information content (AvgIpc) is 2.49. The summed E-state index contributed by atoms with van der Waals surface area (Å²) in [7, 11) is 0. The maximum Gasteiger partial charge on any atom is 0.407 e. The predicted octanol–water partition coefficient (Wildman–Crippen LogP) is 2.85. The largest absolute Gasteiger partial charge is 0.447 e. The Bertz CT molecular complexity index is 394. The summed E-state index contributed by atoms with van der Waals surface area (Å²) in [6.45, 7) is 4.50. The van der Waals surface area contributed by atoms with Crippen LogP contribution in [0.4, 0.5) is 4.79 Å². The lowest BCUT2D eigenvalue weighted by molar-refractivity contribution is 0.177. The van der Waals surface area contributed by atoms with Crippen LogP contribution in [0.25, 0.3) is 0 Å². The minimum Gasteiger partial charge on any atom is -0.447 e. The molecule has 80 valence electrons. The summed E-state index contributed by atoms with van der Waals surface area (Å²) in [5.41, 5.74) is 3.49. The Morgan fingerprint density at radius 1 is 1.40 bits per heavy atom. The zero-order valence-electron chi connectivity index (χ0n) is 8.63. The van der Waals surface area contributed by atoms with E-state index < -0.39 is 0 Å². The van der Waals surface area contributed by atoms with Gasteiger partial charge in [-0.2, -0.15) is 0 Å². The third-order valence-electron chi connectivity index (χ3n) is 2.58. The maximum atomic E-state index is 11.0. The minimum absolute atomic E-state index is 0.00870. The number of cyclic esters (lactones) is 1. The van der Waals surface area contributed by atoms with Gasteiger partial charge in [0, 0.05) is 4.47 Å². The third kappa shape index (κ3) is 2.00. The summed E-state index contributed by atoms with van der Waals surface area (Å²) < 4.78 is 5.96. The van der Waals surface area contributed by atoms with Gasteiger partial charge in [-0.15, -0.1) is 0 Å². The Morgan fingerprint density at radius 2 is 2.00 bits per heavy atom. The number of hydrogen-bond acceptors (Lipinski definition) is 2. The molecular formula is C11H12BrNO2. The topological polar surface area (TPSA) is 38.3 Å². The summed E-state index contributed by atoms with van der Waals surface area (Å²) in [6.07, 6.45) is -0.332. The van der Waals surface area contributed by atoms with Gasteiger partial charge in [0.05, 0.1) is 6.04 Å². The molecule has 15 heavy (non-hydrogen) atoms. The molecule has 0 aromatic heterocycles. The van der Waals surface area contributed by atoms with Crippen LogP contribution >= 0.6 is 15.9 Å². The van der Waals surface area contributed by atoms with Gasteiger partial charge in [-0.3, -0.25) is 0 Å². The van der Waals surface area contributed by atoms with Gasteiger partial charge in [-0.25, -0.2) is 4.79 Å². The van der Waals surface area contributed by atoms with Crippen LogP contribution in [0.2, 0.25) is 0 Å². The summed E-state index contributed by atoms with van der Waals surface area (Å²) in [5, 5.41) is 2.79. The van der Waals surface area contributed by atoms with Crippen molar-refractivity contribution >= 4 is 22.0 Å². The van der Waals surface area contributed by atoms with Crippen molar-refractivity contribution in [3.8, 4) is 0 Å². The van der Waals surface area contributed by atoms with Crippen molar-refractivity contribution in [1.82, 2.24) is 5.32 Å². The van der Waals surface area contributed by atoms with Crippen molar-refractivity contribution in [2.75, 3.05) is 6.61 Å². The molecule has 0 spiro atoms. The zero-order valence-corrected chi connectivity index (χ0v) is 10.2. The molecule has 1 saturated heterocycles. The van der Waals surface area contributed by atoms with Gasteiger partial charge in [0.25, 0.3) is 0 Å². The number of hydrogen-bond donors (Lipinski definition) is 1. The first-order valence-electron chi connectivity index (χ1n) is 4.78. The Kier molecular flexibility index (Phi) is 2.69. The highest BCUT2D eigenvalue weighted by Gasteiger charge is 2.26. The van der Waals surface area contributed by atoms with Crippen LogP contribution in [0.1, 0.15) is 22.7 Å². The molecule has 1 N–H and O–H groups in total. The van der Waals surface area contributed by atoms with E-state index in [2.05, 4.69) is 21.2 Å². The molecule has 3 nitrogen and oxygen atoms in total. The van der Waals surface area contributed by atoms with Crippen LogP contribution in [0, 0.1) is 13.8 Å². The van der Waals surface area contributed by atoms with E-state index in [1.165, 1.54) is 0 Å². The van der Waals surface area contributed by atoms with E-state index >= 15 is 0 Å². The van der Waals surface area contributed by atoms with E-state index in [1.807, 2.05) is 26.0 Å². The lowest BCUT2D eigenvalue weighted by Gasteiger charge is -2.15. The first kappa shape index (κ1) is 10.5. The first-order valence-corrected chi connectivity index (χ1v) is 5.57. The molecule has 1 atom stereocenters. The molecule has 1 aromatic carbocycles. The van der Waals surface area contributed by atoms with Gasteiger partial charge in [0.15, 0.2) is 0 Å². The minimum atomic E-state index is -0.332. The normalized spacial score (nSPS) is 19.9. The molecule has 1 heterocycles. The van der Waals surface area contributed by atoms with Gasteiger partial charge in [-0.05, 0) is 42.7 Å². The van der Waals surface area contributed by atoms with E-state index in [1.54, 1.807) is 0 Å². The van der Waals surface area contributed by atoms with Gasteiger partial charge in [0.2, 0.25) is 0 Å². The third-order valence-corrected chi connectivity index (χ3v) is 3.04. The fourth-order valence-corrected chi connectivity index (χ4v) is 2.70. The average molecular weight is 270 g/mol. The fraction of sp³-hybridized carbons (Fsp3) is 0.364. The van der Waals surface area contributed by atoms with E-state index in [4.69, 9.17) is 4.74 Å². The van der Waals surface area contributed by atoms with Crippen molar-refractivity contribution in [2.24, 2.45) is 0 Å². The number of benzene rings is 1. The highest BCUT2D eigenvalue weighted by Crippen LogP contribution is 2.28. The molecule has 2 rings (SSSR count). The number of carbonyl (C=O) groups is 1. The van der Waals surface area contributed by atoms with E-state index in [9.17, 15) is 4.79 Å². The standard InChI is InChI=1S/C11H12BrNO2/c1-6-3-8(12)4-7(2)10(6)9-5-15-11(14)13-9/h3-4,9H,5H2,1-2H3,(H,13,14). The second-order valence-electron chi connectivity index (χ2n) is 3.75. The van der Waals surface area contributed by atoms with Crippen molar-refractivity contribution in [1.29, 1.82) is 0 Å². The molecule has 0 radical (unpaired) electrons. The van der Waals surface area contributed by atoms with Gasteiger partial charge in [0.1, 0.15) is 6.61 Å². The maximum absolute atomic E-state index is 11.0. The van der Waals surface area contributed by atoms with Gasteiger partial charge >= 0.3 is 6.09 Å². The lowest BCUT2D eigenvalue weighted by atomic mass is 9.97. The fourth-order valence-electron chi connectivity index (χ4n) is 2.01. The molecule has 1 unspecified atom stereocenters. The van der Waals surface area contributed by atoms with Gasteiger partial charge in [-0.1, -0.05) is 15.9 Å². The number of amides is 1. The number of aryl methyl sites for hydroxylation is 2. The Balaban J connectivity index is 2.39. The van der Waals surface area contributed by atoms with Crippen molar-refractivity contribution in [3.63, 3.8) is 0 Å². The predicted molar refractivity (Wildman–Crippen MR) is 60.8 cm³/mol. The number of ether oxygens (including phenoxy) is 1. The molecule has 4 heteroatoms. The van der Waals surface area contributed by atoms with Crippen LogP contribution in [-0.4, -0.2) is 12.7 Å². The molecule has 0 saturated carbocycles. The van der Waals surface area contributed by atoms with Crippen molar-refractivity contribution in [2.45, 2.75) is 19.9 Å². The van der Waals surface area contributed by atoms with Crippen LogP contribution in [0.3, 0.4) is 0 Å². The second-order valence-corrected chi connectivity index (χ2v) is 4.66. The van der Waals surface area contributed by atoms with Crippen LogP contribution in [-0.2, 0) is 4.74 Å². The van der Waals surface area contributed by atoms with Crippen molar-refractivity contribution < 1.29 is 9.53 Å². The van der Waals surface area contributed by atoms with Crippen molar-refractivity contribution in [3.05, 3.63) is 33.3 Å². The summed E-state index contributed by atoms with van der Waals surface area (Å²) in [5.74, 6) is 0. The Hall–Kier alpha value is -1.03. The molecular weight excluding hydrogens is 258 g/mol. The smallest absolute Gasteiger partial charge is 0.407 e. The quantitative estimate of drug-likeness (QED) is 0.852. The number of carbonyl (C=O) groups excluding carboxylic acids is 1. The zero-order chi connectivity index (χ0) is 11.0. The van der Waals surface area contributed by atoms with Crippen LogP contribution in [0.5, 0.6) is 0 Å². The summed E-state index contributed by atoms with van der Waals surface area (Å²) in [4.78, 5) is 11.0. The van der Waals surface area contributed by atoms with E-state index in [0.29, 0.717) is 6.61 Å². The highest BCUT2D eigenvalue weighted by atomic mass is 79.9. The van der Waals surface area contributed by atoms with E-state index in [0.717, 1.165) is 21.2 Å². The molecule has 1 aromatic rings. The molecule has 0 aliphatic carbocycles. The SMILES string of the molecule is Cc1cc(Br)cc(C)c1C1COC(=O)N1. The lowest BCUT2D eigenvalue weighted by Crippen LogP contribution is -2.20. The Labute approximate surface area is 96.9 Å². The summed E-state index contributed by atoms with van der Waals surface area (Å²) >= 11 is 3.45. The number of halogens is 1. The second kappa shape index (κ2) is 3.85. The Morgan fingerprint density at radius 3 is 2.47 bits per heavy atom. The van der Waals surface area contributed by atoms with Crippen LogP contribution in [0.15, 0.2) is 16.6 Å². The first-order chi connectivity index (χ1) is 7.08. The molecule has 1 aliphatic rings. The van der Waals surface area contributed by atoms with Gasteiger partial charge < -0.3 is 10.1 Å². The van der Waals surface area contributed by atoms with E-state index in [-0.39, 0.29) is 12.1 Å². The molecule has 1 amide bonds. The highest BCUT2D eigenvalue weighted by molar-refractivity contribution is 9.10. The van der Waals surface area contributed by atoms with Crippen LogP contribution < -0.4 is 5.32 Å². The molecule has 1 fully saturated rings. The summed E-state index contributed by atoms with van der Waals surface area (Å²) in [6, 6.07) is 4.09. The number of alkyl carbamates (subject to hydrolysis) is 1. The number of rotatable bonds is 1. The molecule has 1 aliphatic heterocycles. The number of nitrogens with one attached hydrogen (secondary N) is 1. The monoisotopic (exact) mass is 269 g/mol. The molecule has 0 bridgehead atoms.